The summed E-state index contributed by atoms with van der Waals surface area (Å²) in [5.41, 5.74) is -4.06. The van der Waals surface area contributed by atoms with Crippen molar-refractivity contribution < 1.29 is 29.3 Å². The maximum Gasteiger partial charge on any atom is 0.325 e. The number of piperidine rings is 1. The van der Waals surface area contributed by atoms with Gasteiger partial charge in [0.2, 0.25) is 5.75 Å². The number of aliphatic hydroxyl groups is 1. The first-order chi connectivity index (χ1) is 15.9. The molecule has 0 bridgehead atoms. The fourth-order valence-electron chi connectivity index (χ4n) is 5.04. The van der Waals surface area contributed by atoms with E-state index in [1.807, 2.05) is 0 Å². The van der Waals surface area contributed by atoms with Crippen LogP contribution >= 0.6 is 0 Å². The number of imide groups is 1. The summed E-state index contributed by atoms with van der Waals surface area (Å²) in [6.07, 6.45) is 1.52. The number of benzene rings is 1. The number of rotatable bonds is 6. The summed E-state index contributed by atoms with van der Waals surface area (Å²) in [6, 6.07) is 1.21. The van der Waals surface area contributed by atoms with E-state index in [4.69, 9.17) is 4.74 Å². The zero-order chi connectivity index (χ0) is 24.8. The zero-order valence-electron chi connectivity index (χ0n) is 19.0. The van der Waals surface area contributed by atoms with E-state index in [1.165, 1.54) is 0 Å². The molecule has 0 aromatic heterocycles. The number of hydrogen-bond donors (Lipinski definition) is 2. The van der Waals surface area contributed by atoms with Crippen LogP contribution in [0.25, 0.3) is 0 Å². The average molecular weight is 477 g/mol. The molecule has 4 rings (SSSR count). The third-order valence-electron chi connectivity index (χ3n) is 6.58. The van der Waals surface area contributed by atoms with Gasteiger partial charge in [0, 0.05) is 37.7 Å². The Morgan fingerprint density at radius 3 is 2.44 bits per heavy atom. The van der Waals surface area contributed by atoms with E-state index in [-0.39, 0.29) is 30.4 Å². The molecule has 0 saturated carbocycles. The number of fused-ring (bicyclic) bond motifs is 2. The lowest BCUT2D eigenvalue weighted by Crippen LogP contribution is -2.54. The number of urea groups is 1. The van der Waals surface area contributed by atoms with Gasteiger partial charge in [-0.25, -0.2) is 4.79 Å². The Bertz CT molecular complexity index is 1050. The molecule has 1 atom stereocenters. The maximum atomic E-state index is 13.6. The van der Waals surface area contributed by atoms with Crippen LogP contribution in [0, 0.1) is 20.2 Å². The SMILES string of the molecule is CC1(C)CC2(NC(=O)N(CCCN3CCC(O)CC3)C2=O)c2cc([N+](=O)[O-])cc([N+](=O)[O-])c2O1. The predicted octanol–water partition coefficient (Wildman–Crippen LogP) is 1.66. The summed E-state index contributed by atoms with van der Waals surface area (Å²) < 4.78 is 5.81. The second-order valence-corrected chi connectivity index (χ2v) is 9.61. The molecule has 1 unspecified atom stereocenters. The van der Waals surface area contributed by atoms with Crippen LogP contribution < -0.4 is 10.1 Å². The van der Waals surface area contributed by atoms with E-state index >= 15 is 0 Å². The molecule has 2 N–H and O–H groups in total. The molecule has 1 aromatic carbocycles. The van der Waals surface area contributed by atoms with E-state index < -0.39 is 44.3 Å². The van der Waals surface area contributed by atoms with Crippen molar-refractivity contribution in [3.8, 4) is 5.75 Å². The van der Waals surface area contributed by atoms with Crippen molar-refractivity contribution in [2.45, 2.75) is 56.8 Å². The molecule has 0 aliphatic carbocycles. The van der Waals surface area contributed by atoms with Crippen LogP contribution in [-0.2, 0) is 10.3 Å². The van der Waals surface area contributed by atoms with Crippen LogP contribution in [0.1, 0.15) is 45.1 Å². The van der Waals surface area contributed by atoms with Gasteiger partial charge < -0.3 is 20.1 Å². The van der Waals surface area contributed by atoms with Crippen LogP contribution in [0.3, 0.4) is 0 Å². The molecule has 3 aliphatic rings. The first-order valence-electron chi connectivity index (χ1n) is 11.1. The van der Waals surface area contributed by atoms with Crippen LogP contribution in [0.15, 0.2) is 12.1 Å². The van der Waals surface area contributed by atoms with Crippen molar-refractivity contribution in [1.29, 1.82) is 0 Å². The number of amides is 3. The summed E-state index contributed by atoms with van der Waals surface area (Å²) >= 11 is 0. The average Bonchev–Trinajstić information content (AvgIpc) is 2.97. The normalized spacial score (nSPS) is 24.6. The molecule has 2 fully saturated rings. The van der Waals surface area contributed by atoms with Gasteiger partial charge in [0.15, 0.2) is 5.54 Å². The summed E-state index contributed by atoms with van der Waals surface area (Å²) in [4.78, 5) is 51.3. The number of aliphatic hydroxyl groups excluding tert-OH is 1. The number of nitrogens with zero attached hydrogens (tertiary/aromatic N) is 4. The van der Waals surface area contributed by atoms with Gasteiger partial charge in [0.05, 0.1) is 22.0 Å². The monoisotopic (exact) mass is 477 g/mol. The molecule has 13 heteroatoms. The number of likely N-dealkylation sites (tertiary alicyclic amines) is 1. The van der Waals surface area contributed by atoms with Gasteiger partial charge in [-0.05, 0) is 39.7 Å². The number of nitro groups is 2. The van der Waals surface area contributed by atoms with E-state index in [0.717, 1.165) is 30.1 Å². The first-order valence-corrected chi connectivity index (χ1v) is 11.1. The number of hydrogen-bond acceptors (Lipinski definition) is 9. The summed E-state index contributed by atoms with van der Waals surface area (Å²) in [5, 5.41) is 35.4. The largest absolute Gasteiger partial charge is 0.480 e. The lowest BCUT2D eigenvalue weighted by atomic mass is 9.77. The Balaban J connectivity index is 1.64. The second-order valence-electron chi connectivity index (χ2n) is 9.61. The van der Waals surface area contributed by atoms with Crippen LogP contribution in [0.5, 0.6) is 5.75 Å². The van der Waals surface area contributed by atoms with Gasteiger partial charge in [0.25, 0.3) is 11.6 Å². The van der Waals surface area contributed by atoms with Crippen LogP contribution in [0.2, 0.25) is 0 Å². The molecular weight excluding hydrogens is 450 g/mol. The highest BCUT2D eigenvalue weighted by atomic mass is 16.6. The van der Waals surface area contributed by atoms with E-state index in [9.17, 15) is 34.9 Å². The van der Waals surface area contributed by atoms with E-state index in [1.54, 1.807) is 13.8 Å². The van der Waals surface area contributed by atoms with Crippen LogP contribution in [-0.4, -0.2) is 74.6 Å². The van der Waals surface area contributed by atoms with Crippen LogP contribution in [0.4, 0.5) is 16.2 Å². The van der Waals surface area contributed by atoms with Crippen molar-refractivity contribution in [1.82, 2.24) is 15.1 Å². The molecule has 184 valence electrons. The fourth-order valence-corrected chi connectivity index (χ4v) is 5.04. The lowest BCUT2D eigenvalue weighted by molar-refractivity contribution is -0.395. The standard InChI is InChI=1S/C21H27N5O8/c1-20(2)12-21(15-10-13(25(30)31)11-16(26(32)33)17(15)34-20)18(28)24(19(29)22-21)7-3-6-23-8-4-14(27)5-9-23/h10-11,14,27H,3-9,12H2,1-2H3,(H,22,29). The topological polar surface area (TPSA) is 168 Å². The second kappa shape index (κ2) is 8.47. The molecule has 3 amide bonds. The smallest absolute Gasteiger partial charge is 0.325 e. The molecule has 1 spiro atoms. The predicted molar refractivity (Wildman–Crippen MR) is 117 cm³/mol. The first kappa shape index (κ1) is 23.8. The van der Waals surface area contributed by atoms with E-state index in [2.05, 4.69) is 10.2 Å². The Morgan fingerprint density at radius 1 is 1.15 bits per heavy atom. The fraction of sp³-hybridized carbons (Fsp3) is 0.619. The third kappa shape index (κ3) is 4.16. The van der Waals surface area contributed by atoms with Crippen molar-refractivity contribution in [3.05, 3.63) is 37.9 Å². The molecule has 13 nitrogen and oxygen atoms in total. The van der Waals surface area contributed by atoms with Gasteiger partial charge in [-0.2, -0.15) is 0 Å². The van der Waals surface area contributed by atoms with Gasteiger partial charge >= 0.3 is 11.7 Å². The summed E-state index contributed by atoms with van der Waals surface area (Å²) in [7, 11) is 0. The Hall–Kier alpha value is -3.32. The Morgan fingerprint density at radius 2 is 1.82 bits per heavy atom. The quantitative estimate of drug-likeness (QED) is 0.351. The number of carbonyl (C=O) groups is 2. The van der Waals surface area contributed by atoms with Gasteiger partial charge in [0.1, 0.15) is 5.60 Å². The number of nitrogens with one attached hydrogen (secondary N) is 1. The highest BCUT2D eigenvalue weighted by Crippen LogP contribution is 2.51. The molecular formula is C21H27N5O8. The van der Waals surface area contributed by atoms with Crippen molar-refractivity contribution in [2.24, 2.45) is 0 Å². The minimum absolute atomic E-state index is 0.0452. The third-order valence-corrected chi connectivity index (χ3v) is 6.58. The molecule has 34 heavy (non-hydrogen) atoms. The maximum absolute atomic E-state index is 13.6. The van der Waals surface area contributed by atoms with Crippen molar-refractivity contribution >= 4 is 23.3 Å². The Labute approximate surface area is 194 Å². The van der Waals surface area contributed by atoms with E-state index in [0.29, 0.717) is 25.8 Å². The number of carbonyl (C=O) groups excluding carboxylic acids is 2. The highest BCUT2D eigenvalue weighted by molar-refractivity contribution is 6.08. The van der Waals surface area contributed by atoms with Crippen molar-refractivity contribution in [3.63, 3.8) is 0 Å². The number of ether oxygens (including phenoxy) is 1. The lowest BCUT2D eigenvalue weighted by Gasteiger charge is -2.41. The molecule has 3 heterocycles. The number of nitro benzene ring substituents is 2. The van der Waals surface area contributed by atoms with Gasteiger partial charge in [-0.3, -0.25) is 29.9 Å². The molecule has 1 aromatic rings. The minimum atomic E-state index is -1.71. The minimum Gasteiger partial charge on any atom is -0.480 e. The van der Waals surface area contributed by atoms with Crippen molar-refractivity contribution in [2.75, 3.05) is 26.2 Å². The molecule has 2 saturated heterocycles. The summed E-state index contributed by atoms with van der Waals surface area (Å²) in [5.74, 6) is -0.867. The van der Waals surface area contributed by atoms with Gasteiger partial charge in [-0.1, -0.05) is 0 Å². The molecule has 3 aliphatic heterocycles. The summed E-state index contributed by atoms with van der Waals surface area (Å²) in [6.45, 7) is 5.50. The number of non-ortho nitro benzene ring substituents is 1. The zero-order valence-corrected chi connectivity index (χ0v) is 19.0. The van der Waals surface area contributed by atoms with Gasteiger partial charge in [-0.15, -0.1) is 0 Å². The molecule has 0 radical (unpaired) electrons. The highest BCUT2D eigenvalue weighted by Gasteiger charge is 2.60. The Kier molecular flexibility index (Phi) is 5.94.